The average molecular weight is 493 g/mol. The summed E-state index contributed by atoms with van der Waals surface area (Å²) in [7, 11) is 1.55. The molecule has 1 aliphatic rings. The van der Waals surface area contributed by atoms with E-state index in [4.69, 9.17) is 9.47 Å². The van der Waals surface area contributed by atoms with Crippen molar-refractivity contribution in [3.63, 3.8) is 0 Å². The number of nitrogens with one attached hydrogen (secondary N) is 1. The molecule has 2 aromatic heterocycles. The third-order valence-electron chi connectivity index (χ3n) is 5.24. The number of aryl methyl sites for hydroxylation is 1. The maximum absolute atomic E-state index is 14.5. The highest BCUT2D eigenvalue weighted by Gasteiger charge is 2.33. The van der Waals surface area contributed by atoms with Crippen LogP contribution in [0, 0.1) is 12.7 Å². The molecule has 0 spiro atoms. The highest BCUT2D eigenvalue weighted by atomic mass is 79.9. The summed E-state index contributed by atoms with van der Waals surface area (Å²) in [6.07, 6.45) is 1.07. The summed E-state index contributed by atoms with van der Waals surface area (Å²) in [6.45, 7) is 5.79. The van der Waals surface area contributed by atoms with Gasteiger partial charge in [-0.1, -0.05) is 15.9 Å². The molecule has 0 bridgehead atoms. The van der Waals surface area contributed by atoms with E-state index in [1.807, 2.05) is 13.8 Å². The van der Waals surface area contributed by atoms with Crippen LogP contribution in [0.4, 0.5) is 15.8 Å². The quantitative estimate of drug-likeness (QED) is 0.601. The first kappa shape index (κ1) is 21.7. The van der Waals surface area contributed by atoms with Crippen LogP contribution >= 0.6 is 15.9 Å². The van der Waals surface area contributed by atoms with Gasteiger partial charge in [-0.3, -0.25) is 18.7 Å². The number of hydrogen-bond acceptors (Lipinski definition) is 6. The van der Waals surface area contributed by atoms with Crippen LogP contribution in [-0.2, 0) is 23.1 Å². The van der Waals surface area contributed by atoms with Crippen molar-refractivity contribution in [1.82, 2.24) is 14.1 Å². The zero-order valence-electron chi connectivity index (χ0n) is 17.5. The van der Waals surface area contributed by atoms with Crippen molar-refractivity contribution >= 4 is 38.3 Å². The molecule has 31 heavy (non-hydrogen) atoms. The van der Waals surface area contributed by atoms with E-state index in [0.717, 1.165) is 0 Å². The summed E-state index contributed by atoms with van der Waals surface area (Å²) in [5.74, 6) is -1.24. The van der Waals surface area contributed by atoms with Gasteiger partial charge < -0.3 is 14.8 Å². The topological polar surface area (TPSA) is 87.4 Å². The van der Waals surface area contributed by atoms with Crippen molar-refractivity contribution < 1.29 is 13.9 Å². The Morgan fingerprint density at radius 1 is 1.32 bits per heavy atom. The van der Waals surface area contributed by atoms with Gasteiger partial charge >= 0.3 is 0 Å². The lowest BCUT2D eigenvalue weighted by molar-refractivity contribution is -0.139. The number of halogens is 2. The molecule has 3 aromatic rings. The largest absolute Gasteiger partial charge is 0.352 e. The number of pyridine rings is 1. The molecule has 164 valence electrons. The summed E-state index contributed by atoms with van der Waals surface area (Å²) >= 11 is 3.22. The summed E-state index contributed by atoms with van der Waals surface area (Å²) in [5.41, 5.74) is 0.180. The second kappa shape index (κ2) is 7.85. The highest BCUT2D eigenvalue weighted by molar-refractivity contribution is 9.10. The smallest absolute Gasteiger partial charge is 0.264 e. The van der Waals surface area contributed by atoms with E-state index in [1.54, 1.807) is 20.0 Å². The fraction of sp³-hybridized carbons (Fsp3) is 0.381. The van der Waals surface area contributed by atoms with E-state index >= 15 is 0 Å². The Balaban J connectivity index is 1.86. The van der Waals surface area contributed by atoms with Crippen molar-refractivity contribution in [2.75, 3.05) is 11.9 Å². The summed E-state index contributed by atoms with van der Waals surface area (Å²) in [5, 5.41) is 3.13. The predicted octanol–water partition coefficient (Wildman–Crippen LogP) is 3.20. The van der Waals surface area contributed by atoms with Gasteiger partial charge in [0.15, 0.2) is 11.4 Å². The molecular weight excluding hydrogens is 471 g/mol. The number of hydrogen-bond donors (Lipinski definition) is 1. The Morgan fingerprint density at radius 3 is 2.71 bits per heavy atom. The van der Waals surface area contributed by atoms with E-state index < -0.39 is 11.6 Å². The molecule has 1 saturated heterocycles. The van der Waals surface area contributed by atoms with E-state index in [-0.39, 0.29) is 51.7 Å². The van der Waals surface area contributed by atoms with Crippen LogP contribution < -0.4 is 16.4 Å². The molecule has 1 N–H and O–H groups in total. The zero-order chi connectivity index (χ0) is 22.5. The van der Waals surface area contributed by atoms with Crippen LogP contribution in [0.3, 0.4) is 0 Å². The molecular formula is C21H22BrFN4O4. The summed E-state index contributed by atoms with van der Waals surface area (Å²) in [4.78, 5) is 30.5. The van der Waals surface area contributed by atoms with Gasteiger partial charge in [-0.15, -0.1) is 0 Å². The first-order chi connectivity index (χ1) is 14.6. The number of rotatable bonds is 4. The first-order valence-corrected chi connectivity index (χ1v) is 10.5. The van der Waals surface area contributed by atoms with Gasteiger partial charge in [0.05, 0.1) is 24.5 Å². The van der Waals surface area contributed by atoms with Gasteiger partial charge in [-0.25, -0.2) is 9.37 Å². The first-order valence-electron chi connectivity index (χ1n) is 9.70. The Labute approximate surface area is 185 Å². The monoisotopic (exact) mass is 492 g/mol. The minimum absolute atomic E-state index is 0.143. The lowest BCUT2D eigenvalue weighted by atomic mass is 10.1. The molecule has 3 heterocycles. The van der Waals surface area contributed by atoms with Gasteiger partial charge in [0.1, 0.15) is 23.6 Å². The molecule has 8 nitrogen and oxygen atoms in total. The molecule has 0 unspecified atom stereocenters. The Kier molecular flexibility index (Phi) is 5.48. The number of ether oxygens (including phenoxy) is 2. The third kappa shape index (κ3) is 4.02. The molecule has 10 heteroatoms. The van der Waals surface area contributed by atoms with Gasteiger partial charge in [0.2, 0.25) is 0 Å². The molecule has 0 saturated carbocycles. The number of fused-ring (bicyclic) bond motifs is 1. The molecule has 4 rings (SSSR count). The number of anilines is 2. The van der Waals surface area contributed by atoms with Crippen LogP contribution in [0.5, 0.6) is 0 Å². The minimum atomic E-state index is -0.717. The molecule has 1 aliphatic heterocycles. The molecule has 0 radical (unpaired) electrons. The van der Waals surface area contributed by atoms with Crippen LogP contribution in [0.1, 0.15) is 19.4 Å². The predicted molar refractivity (Wildman–Crippen MR) is 118 cm³/mol. The average Bonchev–Trinajstić information content (AvgIpc) is 3.05. The Bertz CT molecular complexity index is 1300. The van der Waals surface area contributed by atoms with E-state index in [9.17, 15) is 14.0 Å². The number of aromatic nitrogens is 3. The maximum Gasteiger partial charge on any atom is 0.264 e. The van der Waals surface area contributed by atoms with Crippen molar-refractivity contribution in [3.8, 4) is 0 Å². The molecule has 0 aliphatic carbocycles. The van der Waals surface area contributed by atoms with E-state index in [0.29, 0.717) is 11.1 Å². The van der Waals surface area contributed by atoms with Crippen molar-refractivity contribution in [3.05, 3.63) is 61.1 Å². The number of benzene rings is 1. The van der Waals surface area contributed by atoms with Crippen LogP contribution in [0.25, 0.3) is 11.0 Å². The maximum atomic E-state index is 14.5. The second-order valence-corrected chi connectivity index (χ2v) is 8.88. The highest BCUT2D eigenvalue weighted by Crippen LogP contribution is 2.28. The van der Waals surface area contributed by atoms with Crippen molar-refractivity contribution in [2.45, 2.75) is 39.2 Å². The Morgan fingerprint density at radius 2 is 2.06 bits per heavy atom. The SMILES string of the molecule is Cc1c(Nc2ccc(Br)cc2F)c2c(=O)n(C[C@H]3COC(C)(C)O3)cnc2n(C)c1=O. The minimum Gasteiger partial charge on any atom is -0.352 e. The normalized spacial score (nSPS) is 17.9. The van der Waals surface area contributed by atoms with Crippen molar-refractivity contribution in [1.29, 1.82) is 0 Å². The zero-order valence-corrected chi connectivity index (χ0v) is 19.1. The second-order valence-electron chi connectivity index (χ2n) is 7.96. The number of nitrogens with zero attached hydrogens (tertiary/aromatic N) is 3. The van der Waals surface area contributed by atoms with Gasteiger partial charge in [0, 0.05) is 17.1 Å². The Hall–Kier alpha value is -2.56. The fourth-order valence-corrected chi connectivity index (χ4v) is 4.01. The van der Waals surface area contributed by atoms with Crippen LogP contribution in [0.15, 0.2) is 38.6 Å². The standard InChI is InChI=1S/C21H22BrFN4O4/c1-11-17(25-15-6-5-12(22)7-14(15)23)16-18(26(4)19(11)28)24-10-27(20(16)29)8-13-9-30-21(2,3)31-13/h5-7,10,13,25H,8-9H2,1-4H3/t13-/m0/s1. The summed E-state index contributed by atoms with van der Waals surface area (Å²) < 4.78 is 29.2. The van der Waals surface area contributed by atoms with Crippen LogP contribution in [0.2, 0.25) is 0 Å². The molecule has 1 atom stereocenters. The molecule has 1 fully saturated rings. The molecule has 1 aromatic carbocycles. The molecule has 0 amide bonds. The van der Waals surface area contributed by atoms with Gasteiger partial charge in [0.25, 0.3) is 11.1 Å². The van der Waals surface area contributed by atoms with Gasteiger partial charge in [-0.2, -0.15) is 0 Å². The van der Waals surface area contributed by atoms with Gasteiger partial charge in [-0.05, 0) is 39.0 Å². The summed E-state index contributed by atoms with van der Waals surface area (Å²) in [6, 6.07) is 4.50. The fourth-order valence-electron chi connectivity index (χ4n) is 3.68. The third-order valence-corrected chi connectivity index (χ3v) is 5.74. The lowest BCUT2D eigenvalue weighted by Gasteiger charge is -2.19. The van der Waals surface area contributed by atoms with Crippen LogP contribution in [-0.4, -0.2) is 32.6 Å². The van der Waals surface area contributed by atoms with E-state index in [2.05, 4.69) is 26.2 Å². The van der Waals surface area contributed by atoms with Crippen molar-refractivity contribution in [2.24, 2.45) is 7.05 Å². The van der Waals surface area contributed by atoms with E-state index in [1.165, 1.54) is 27.6 Å². The lowest BCUT2D eigenvalue weighted by Crippen LogP contribution is -2.32.